The molecule has 0 aliphatic carbocycles. The van der Waals surface area contributed by atoms with Crippen molar-refractivity contribution in [1.82, 2.24) is 5.32 Å². The number of amides is 2. The molecule has 1 N–H and O–H groups in total. The zero-order valence-electron chi connectivity index (χ0n) is 11.2. The molecule has 1 aliphatic heterocycles. The van der Waals surface area contributed by atoms with Crippen LogP contribution in [0.5, 0.6) is 0 Å². The van der Waals surface area contributed by atoms with Gasteiger partial charge in [0.2, 0.25) is 5.91 Å². The third-order valence-corrected chi connectivity index (χ3v) is 4.04. The summed E-state index contributed by atoms with van der Waals surface area (Å²) in [6.07, 6.45) is 0. The molecule has 0 bridgehead atoms. The van der Waals surface area contributed by atoms with E-state index in [0.29, 0.717) is 0 Å². The Bertz CT molecular complexity index is 522. The van der Waals surface area contributed by atoms with E-state index in [1.54, 1.807) is 4.90 Å². The van der Waals surface area contributed by atoms with Gasteiger partial charge in [-0.05, 0) is 40.1 Å². The summed E-state index contributed by atoms with van der Waals surface area (Å²) in [4.78, 5) is 26.0. The summed E-state index contributed by atoms with van der Waals surface area (Å²) < 4.78 is 0.968. The molecule has 1 unspecified atom stereocenters. The molecule has 1 atom stereocenters. The van der Waals surface area contributed by atoms with E-state index in [-0.39, 0.29) is 23.8 Å². The summed E-state index contributed by atoms with van der Waals surface area (Å²) in [5, 5.41) is 2.79. The zero-order valence-corrected chi connectivity index (χ0v) is 13.4. The fourth-order valence-corrected chi connectivity index (χ4v) is 2.79. The number of hydrogen-bond donors (Lipinski definition) is 1. The Kier molecular flexibility index (Phi) is 3.85. The molecule has 1 aliphatic rings. The Morgan fingerprint density at radius 3 is 2.47 bits per heavy atom. The van der Waals surface area contributed by atoms with Crippen LogP contribution >= 0.6 is 22.6 Å². The molecule has 0 saturated carbocycles. The van der Waals surface area contributed by atoms with Crippen LogP contribution in [-0.2, 0) is 9.59 Å². The third kappa shape index (κ3) is 2.91. The van der Waals surface area contributed by atoms with Crippen molar-refractivity contribution in [2.24, 2.45) is 5.41 Å². The molecule has 1 saturated heterocycles. The summed E-state index contributed by atoms with van der Waals surface area (Å²) >= 11 is 2.18. The van der Waals surface area contributed by atoms with Gasteiger partial charge < -0.3 is 10.2 Å². The van der Waals surface area contributed by atoms with Gasteiger partial charge in [0.25, 0.3) is 5.91 Å². The van der Waals surface area contributed by atoms with Crippen LogP contribution in [0, 0.1) is 8.99 Å². The maximum Gasteiger partial charge on any atom is 0.250 e. The minimum atomic E-state index is -0.482. The van der Waals surface area contributed by atoms with Crippen LogP contribution in [0.25, 0.3) is 0 Å². The number of carbonyl (C=O) groups is 2. The predicted molar refractivity (Wildman–Crippen MR) is 82.9 cm³/mol. The van der Waals surface area contributed by atoms with Crippen LogP contribution in [0.4, 0.5) is 5.69 Å². The summed E-state index contributed by atoms with van der Waals surface area (Å²) in [5.41, 5.74) is 0.503. The average molecular weight is 372 g/mol. The van der Waals surface area contributed by atoms with Crippen LogP contribution in [-0.4, -0.2) is 24.4 Å². The molecule has 5 heteroatoms. The smallest absolute Gasteiger partial charge is 0.250 e. The van der Waals surface area contributed by atoms with Gasteiger partial charge in [-0.1, -0.05) is 32.9 Å². The lowest BCUT2D eigenvalue weighted by atomic mass is 9.84. The van der Waals surface area contributed by atoms with Crippen LogP contribution in [0.15, 0.2) is 24.3 Å². The van der Waals surface area contributed by atoms with Gasteiger partial charge in [0, 0.05) is 3.57 Å². The lowest BCUT2D eigenvalue weighted by Crippen LogP contribution is -2.62. The molecule has 1 fully saturated rings. The first-order valence-corrected chi connectivity index (χ1v) is 7.24. The Hall–Kier alpha value is -1.11. The highest BCUT2D eigenvalue weighted by Gasteiger charge is 2.40. The van der Waals surface area contributed by atoms with E-state index in [2.05, 4.69) is 27.9 Å². The lowest BCUT2D eigenvalue weighted by molar-refractivity contribution is -0.133. The molecule has 0 spiro atoms. The SMILES string of the molecule is CC(C)(C)C1NC(=O)CN(c2ccccc2I)C1=O. The van der Waals surface area contributed by atoms with Crippen molar-refractivity contribution in [3.63, 3.8) is 0 Å². The number of nitrogens with zero attached hydrogens (tertiary/aromatic N) is 1. The van der Waals surface area contributed by atoms with Crippen molar-refractivity contribution in [2.45, 2.75) is 26.8 Å². The van der Waals surface area contributed by atoms with Gasteiger partial charge in [0.05, 0.1) is 5.69 Å². The highest BCUT2D eigenvalue weighted by molar-refractivity contribution is 14.1. The Morgan fingerprint density at radius 1 is 1.26 bits per heavy atom. The fourth-order valence-electron chi connectivity index (χ4n) is 2.11. The standard InChI is InChI=1S/C14H17IN2O2/c1-14(2,3)12-13(19)17(8-11(18)16-12)10-7-5-4-6-9(10)15/h4-7,12H,8H2,1-3H3,(H,16,18). The molecular formula is C14H17IN2O2. The Labute approximate surface area is 126 Å². The van der Waals surface area contributed by atoms with Crippen molar-refractivity contribution in [3.05, 3.63) is 27.8 Å². The molecule has 0 aromatic heterocycles. The second-order valence-electron chi connectivity index (χ2n) is 5.74. The molecule has 102 valence electrons. The summed E-state index contributed by atoms with van der Waals surface area (Å²) in [6, 6.07) is 7.12. The topological polar surface area (TPSA) is 49.4 Å². The Balaban J connectivity index is 2.39. The lowest BCUT2D eigenvalue weighted by Gasteiger charge is -2.39. The van der Waals surface area contributed by atoms with Crippen molar-refractivity contribution in [2.75, 3.05) is 11.4 Å². The zero-order chi connectivity index (χ0) is 14.2. The highest BCUT2D eigenvalue weighted by atomic mass is 127. The molecular weight excluding hydrogens is 355 g/mol. The molecule has 4 nitrogen and oxygen atoms in total. The predicted octanol–water partition coefficient (Wildman–Crippen LogP) is 2.17. The molecule has 2 rings (SSSR count). The van der Waals surface area contributed by atoms with Crippen molar-refractivity contribution < 1.29 is 9.59 Å². The normalized spacial score (nSPS) is 20.4. The van der Waals surface area contributed by atoms with Crippen LogP contribution in [0.1, 0.15) is 20.8 Å². The number of halogens is 1. The number of hydrogen-bond acceptors (Lipinski definition) is 2. The number of nitrogens with one attached hydrogen (secondary N) is 1. The van der Waals surface area contributed by atoms with Crippen LogP contribution < -0.4 is 10.2 Å². The van der Waals surface area contributed by atoms with Crippen molar-refractivity contribution >= 4 is 40.1 Å². The Morgan fingerprint density at radius 2 is 1.89 bits per heavy atom. The second-order valence-corrected chi connectivity index (χ2v) is 6.90. The number of benzene rings is 1. The monoisotopic (exact) mass is 372 g/mol. The highest BCUT2D eigenvalue weighted by Crippen LogP contribution is 2.28. The number of anilines is 1. The van der Waals surface area contributed by atoms with Crippen LogP contribution in [0.3, 0.4) is 0 Å². The van der Waals surface area contributed by atoms with Crippen molar-refractivity contribution in [3.8, 4) is 0 Å². The van der Waals surface area contributed by atoms with E-state index in [4.69, 9.17) is 0 Å². The molecule has 1 aromatic rings. The molecule has 0 radical (unpaired) electrons. The number of piperazine rings is 1. The molecule has 1 aromatic carbocycles. The first-order chi connectivity index (χ1) is 8.80. The van der Waals surface area contributed by atoms with Gasteiger partial charge in [-0.15, -0.1) is 0 Å². The fraction of sp³-hybridized carbons (Fsp3) is 0.429. The number of rotatable bonds is 1. The van der Waals surface area contributed by atoms with Gasteiger partial charge in [-0.2, -0.15) is 0 Å². The number of carbonyl (C=O) groups excluding carboxylic acids is 2. The quantitative estimate of drug-likeness (QED) is 0.769. The maximum atomic E-state index is 12.6. The van der Waals surface area contributed by atoms with E-state index in [0.717, 1.165) is 9.26 Å². The molecule has 19 heavy (non-hydrogen) atoms. The van der Waals surface area contributed by atoms with Gasteiger partial charge in [-0.25, -0.2) is 0 Å². The summed E-state index contributed by atoms with van der Waals surface area (Å²) in [7, 11) is 0. The van der Waals surface area contributed by atoms with E-state index < -0.39 is 6.04 Å². The van der Waals surface area contributed by atoms with E-state index in [1.807, 2.05) is 45.0 Å². The largest absolute Gasteiger partial charge is 0.342 e. The minimum Gasteiger partial charge on any atom is -0.342 e. The summed E-state index contributed by atoms with van der Waals surface area (Å²) in [6.45, 7) is 5.95. The second kappa shape index (κ2) is 5.11. The van der Waals surface area contributed by atoms with Gasteiger partial charge >= 0.3 is 0 Å². The van der Waals surface area contributed by atoms with E-state index in [9.17, 15) is 9.59 Å². The minimum absolute atomic E-state index is 0.0452. The third-order valence-electron chi connectivity index (χ3n) is 3.13. The van der Waals surface area contributed by atoms with Crippen LogP contribution in [0.2, 0.25) is 0 Å². The van der Waals surface area contributed by atoms with E-state index >= 15 is 0 Å². The van der Waals surface area contributed by atoms with E-state index in [1.165, 1.54) is 0 Å². The first kappa shape index (κ1) is 14.3. The average Bonchev–Trinajstić information content (AvgIpc) is 2.31. The van der Waals surface area contributed by atoms with Gasteiger partial charge in [-0.3, -0.25) is 9.59 Å². The molecule has 1 heterocycles. The number of para-hydroxylation sites is 1. The molecule has 2 amide bonds. The summed E-state index contributed by atoms with van der Waals surface area (Å²) in [5.74, 6) is -0.157. The van der Waals surface area contributed by atoms with Crippen molar-refractivity contribution in [1.29, 1.82) is 0 Å². The first-order valence-electron chi connectivity index (χ1n) is 6.16. The van der Waals surface area contributed by atoms with Gasteiger partial charge in [0.1, 0.15) is 12.6 Å². The maximum absolute atomic E-state index is 12.6. The van der Waals surface area contributed by atoms with Gasteiger partial charge in [0.15, 0.2) is 0 Å².